The summed E-state index contributed by atoms with van der Waals surface area (Å²) in [5.74, 6) is -0.392. The minimum Gasteiger partial charge on any atom is -0.298 e. The number of benzene rings is 2. The van der Waals surface area contributed by atoms with Crippen LogP contribution in [0, 0.1) is 5.82 Å². The fraction of sp³-hybridized carbons (Fsp3) is 0. The van der Waals surface area contributed by atoms with Crippen molar-refractivity contribution in [1.82, 2.24) is 0 Å². The fourth-order valence-electron chi connectivity index (χ4n) is 1.55. The molecule has 0 aliphatic rings. The Morgan fingerprint density at radius 2 is 1.82 bits per heavy atom. The molecule has 0 radical (unpaired) electrons. The van der Waals surface area contributed by atoms with Crippen LogP contribution in [0.5, 0.6) is 0 Å². The van der Waals surface area contributed by atoms with Gasteiger partial charge in [0.05, 0.1) is 0 Å². The quantitative estimate of drug-likeness (QED) is 0.727. The van der Waals surface area contributed by atoms with Gasteiger partial charge in [-0.3, -0.25) is 4.79 Å². The van der Waals surface area contributed by atoms with Gasteiger partial charge in [-0.2, -0.15) is 0 Å². The van der Waals surface area contributed by atoms with Crippen LogP contribution in [0.15, 0.2) is 36.4 Å². The molecule has 0 fully saturated rings. The van der Waals surface area contributed by atoms with Crippen LogP contribution in [0.2, 0.25) is 10.0 Å². The van der Waals surface area contributed by atoms with Crippen LogP contribution in [-0.4, -0.2) is 6.29 Å². The SMILES string of the molecule is O=Cc1cc(Cl)cc(-c2cc(F)ccc2Cl)c1. The van der Waals surface area contributed by atoms with Crippen molar-refractivity contribution in [1.29, 1.82) is 0 Å². The molecule has 0 spiro atoms. The molecular weight excluding hydrogens is 262 g/mol. The molecule has 2 aromatic carbocycles. The maximum Gasteiger partial charge on any atom is 0.150 e. The van der Waals surface area contributed by atoms with Crippen LogP contribution < -0.4 is 0 Å². The average Bonchev–Trinajstić information content (AvgIpc) is 2.31. The van der Waals surface area contributed by atoms with Crippen LogP contribution in [0.4, 0.5) is 4.39 Å². The Morgan fingerprint density at radius 3 is 2.53 bits per heavy atom. The third-order valence-corrected chi connectivity index (χ3v) is 2.84. The lowest BCUT2D eigenvalue weighted by Crippen LogP contribution is -1.86. The smallest absolute Gasteiger partial charge is 0.150 e. The maximum absolute atomic E-state index is 13.2. The molecule has 0 amide bonds. The lowest BCUT2D eigenvalue weighted by atomic mass is 10.0. The summed E-state index contributed by atoms with van der Waals surface area (Å²) in [4.78, 5) is 10.7. The van der Waals surface area contributed by atoms with E-state index >= 15 is 0 Å². The second-order valence-corrected chi connectivity index (χ2v) is 4.36. The van der Waals surface area contributed by atoms with E-state index in [1.807, 2.05) is 0 Å². The highest BCUT2D eigenvalue weighted by atomic mass is 35.5. The van der Waals surface area contributed by atoms with Crippen molar-refractivity contribution in [3.05, 3.63) is 57.8 Å². The number of hydrogen-bond acceptors (Lipinski definition) is 1. The number of hydrogen-bond donors (Lipinski definition) is 0. The number of aldehydes is 1. The zero-order chi connectivity index (χ0) is 12.4. The second-order valence-electron chi connectivity index (χ2n) is 3.52. The third kappa shape index (κ3) is 2.65. The molecule has 4 heteroatoms. The lowest BCUT2D eigenvalue weighted by molar-refractivity contribution is 0.112. The summed E-state index contributed by atoms with van der Waals surface area (Å²) in [6.45, 7) is 0. The van der Waals surface area contributed by atoms with Crippen LogP contribution in [-0.2, 0) is 0 Å². The van der Waals surface area contributed by atoms with Gasteiger partial charge in [0.25, 0.3) is 0 Å². The van der Waals surface area contributed by atoms with Crippen molar-refractivity contribution in [2.24, 2.45) is 0 Å². The summed E-state index contributed by atoms with van der Waals surface area (Å²) in [5, 5.41) is 0.815. The molecule has 0 aromatic heterocycles. The van der Waals surface area contributed by atoms with Gasteiger partial charge in [0.1, 0.15) is 12.1 Å². The van der Waals surface area contributed by atoms with Crippen LogP contribution >= 0.6 is 23.2 Å². The Hall–Kier alpha value is -1.38. The van der Waals surface area contributed by atoms with E-state index in [2.05, 4.69) is 0 Å². The zero-order valence-electron chi connectivity index (χ0n) is 8.58. The summed E-state index contributed by atoms with van der Waals surface area (Å²) >= 11 is 11.9. The van der Waals surface area contributed by atoms with Crippen LogP contribution in [0.3, 0.4) is 0 Å². The van der Waals surface area contributed by atoms with Gasteiger partial charge in [0, 0.05) is 21.2 Å². The first-order chi connectivity index (χ1) is 8.10. The Balaban J connectivity index is 2.63. The van der Waals surface area contributed by atoms with E-state index in [0.717, 1.165) is 0 Å². The van der Waals surface area contributed by atoms with Gasteiger partial charge in [-0.15, -0.1) is 0 Å². The van der Waals surface area contributed by atoms with Crippen molar-refractivity contribution in [2.45, 2.75) is 0 Å². The van der Waals surface area contributed by atoms with E-state index in [1.165, 1.54) is 24.3 Å². The highest BCUT2D eigenvalue weighted by Gasteiger charge is 2.07. The standard InChI is InChI=1S/C13H7Cl2FO/c14-10-4-8(7-17)3-9(5-10)12-6-11(16)1-2-13(12)15/h1-7H. The normalized spacial score (nSPS) is 10.3. The molecule has 86 valence electrons. The van der Waals surface area contributed by atoms with Gasteiger partial charge in [-0.25, -0.2) is 4.39 Å². The summed E-state index contributed by atoms with van der Waals surface area (Å²) in [5.41, 5.74) is 1.55. The Bertz CT molecular complexity index is 582. The molecule has 0 unspecified atom stereocenters. The van der Waals surface area contributed by atoms with Crippen LogP contribution in [0.1, 0.15) is 10.4 Å². The largest absolute Gasteiger partial charge is 0.298 e. The molecule has 0 saturated carbocycles. The molecule has 0 saturated heterocycles. The van der Waals surface area contributed by atoms with E-state index in [1.54, 1.807) is 12.1 Å². The lowest BCUT2D eigenvalue weighted by Gasteiger charge is -2.06. The molecule has 2 aromatic rings. The zero-order valence-corrected chi connectivity index (χ0v) is 10.1. The molecule has 0 aliphatic heterocycles. The molecule has 0 aliphatic carbocycles. The first-order valence-corrected chi connectivity index (χ1v) is 5.57. The number of carbonyl (C=O) groups excluding carboxylic acids is 1. The Morgan fingerprint density at radius 1 is 1.06 bits per heavy atom. The van der Waals surface area contributed by atoms with Crippen molar-refractivity contribution in [3.63, 3.8) is 0 Å². The molecule has 2 rings (SSSR count). The van der Waals surface area contributed by atoms with Gasteiger partial charge < -0.3 is 0 Å². The van der Waals surface area contributed by atoms with Gasteiger partial charge in [-0.05, 0) is 42.0 Å². The first kappa shape index (κ1) is 12.1. The highest BCUT2D eigenvalue weighted by Crippen LogP contribution is 2.31. The molecule has 0 bridgehead atoms. The summed E-state index contributed by atoms with van der Waals surface area (Å²) in [6.07, 6.45) is 0.683. The summed E-state index contributed by atoms with van der Waals surface area (Å²) in [7, 11) is 0. The molecule has 0 N–H and O–H groups in total. The summed E-state index contributed by atoms with van der Waals surface area (Å²) < 4.78 is 13.2. The van der Waals surface area contributed by atoms with Crippen LogP contribution in [0.25, 0.3) is 11.1 Å². The van der Waals surface area contributed by atoms with E-state index < -0.39 is 5.82 Å². The van der Waals surface area contributed by atoms with Gasteiger partial charge >= 0.3 is 0 Å². The first-order valence-electron chi connectivity index (χ1n) is 4.81. The second kappa shape index (κ2) is 4.86. The summed E-state index contributed by atoms with van der Waals surface area (Å²) in [6, 6.07) is 8.83. The molecule has 0 heterocycles. The molecule has 0 atom stereocenters. The predicted octanol–water partition coefficient (Wildman–Crippen LogP) is 4.61. The number of carbonyl (C=O) groups is 1. The minimum atomic E-state index is -0.392. The maximum atomic E-state index is 13.2. The molecule has 1 nitrogen and oxygen atoms in total. The topological polar surface area (TPSA) is 17.1 Å². The van der Waals surface area contributed by atoms with Gasteiger partial charge in [0.15, 0.2) is 0 Å². The van der Waals surface area contributed by atoms with Crippen molar-refractivity contribution in [2.75, 3.05) is 0 Å². The molecule has 17 heavy (non-hydrogen) atoms. The highest BCUT2D eigenvalue weighted by molar-refractivity contribution is 6.34. The van der Waals surface area contributed by atoms with E-state index in [4.69, 9.17) is 23.2 Å². The van der Waals surface area contributed by atoms with Crippen molar-refractivity contribution >= 4 is 29.5 Å². The minimum absolute atomic E-state index is 0.392. The van der Waals surface area contributed by atoms with Gasteiger partial charge in [-0.1, -0.05) is 23.2 Å². The van der Waals surface area contributed by atoms with Gasteiger partial charge in [0.2, 0.25) is 0 Å². The Kier molecular flexibility index (Phi) is 3.46. The van der Waals surface area contributed by atoms with Crippen molar-refractivity contribution < 1.29 is 9.18 Å². The van der Waals surface area contributed by atoms with E-state index in [-0.39, 0.29) is 0 Å². The molecular formula is C13H7Cl2FO. The van der Waals surface area contributed by atoms with Crippen molar-refractivity contribution in [3.8, 4) is 11.1 Å². The fourth-order valence-corrected chi connectivity index (χ4v) is 2.02. The average molecular weight is 269 g/mol. The third-order valence-electron chi connectivity index (χ3n) is 2.30. The predicted molar refractivity (Wildman–Crippen MR) is 67.2 cm³/mol. The number of rotatable bonds is 2. The monoisotopic (exact) mass is 268 g/mol. The Labute approximate surface area is 108 Å². The number of halogens is 3. The van der Waals surface area contributed by atoms with E-state index in [9.17, 15) is 9.18 Å². The van der Waals surface area contributed by atoms with E-state index in [0.29, 0.717) is 33.0 Å².